The molecule has 0 N–H and O–H groups in total. The van der Waals surface area contributed by atoms with E-state index in [0.29, 0.717) is 0 Å². The Hall–Kier alpha value is 0.870. The molecular weight excluding hydrogens is 427 g/mol. The second kappa shape index (κ2) is 4.16. The molecular formula is C9H5Br2IS. The zero-order valence-electron chi connectivity index (χ0n) is 6.48. The summed E-state index contributed by atoms with van der Waals surface area (Å²) in [4.78, 5) is 0. The van der Waals surface area contributed by atoms with E-state index >= 15 is 0 Å². The number of hydrogen-bond acceptors (Lipinski definition) is 1. The molecule has 0 fully saturated rings. The normalized spacial score (nSPS) is 11.0. The quantitative estimate of drug-likeness (QED) is 0.432. The summed E-state index contributed by atoms with van der Waals surface area (Å²) in [5, 5.41) is 4.45. The van der Waals surface area contributed by atoms with Gasteiger partial charge in [-0.1, -0.05) is 31.9 Å². The topological polar surface area (TPSA) is 0 Å². The third-order valence-electron chi connectivity index (χ3n) is 1.84. The van der Waals surface area contributed by atoms with E-state index in [1.54, 1.807) is 11.3 Å². The van der Waals surface area contributed by atoms with Crippen molar-refractivity contribution in [1.82, 2.24) is 0 Å². The fraction of sp³-hybridized carbons (Fsp3) is 0.111. The summed E-state index contributed by atoms with van der Waals surface area (Å²) in [7, 11) is 0. The summed E-state index contributed by atoms with van der Waals surface area (Å²) >= 11 is 11.2. The van der Waals surface area contributed by atoms with Gasteiger partial charge in [0.05, 0.1) is 0 Å². The number of alkyl halides is 1. The van der Waals surface area contributed by atoms with Gasteiger partial charge in [0.15, 0.2) is 0 Å². The van der Waals surface area contributed by atoms with Gasteiger partial charge in [-0.3, -0.25) is 0 Å². The maximum atomic E-state index is 3.56. The van der Waals surface area contributed by atoms with E-state index < -0.39 is 0 Å². The Morgan fingerprint density at radius 2 is 2.15 bits per heavy atom. The van der Waals surface area contributed by atoms with Gasteiger partial charge in [0.1, 0.15) is 0 Å². The van der Waals surface area contributed by atoms with Crippen molar-refractivity contribution in [1.29, 1.82) is 0 Å². The van der Waals surface area contributed by atoms with Gasteiger partial charge in [-0.2, -0.15) is 0 Å². The highest BCUT2D eigenvalue weighted by Crippen LogP contribution is 2.32. The van der Waals surface area contributed by atoms with Crippen LogP contribution in [-0.2, 0) is 5.33 Å². The molecule has 1 aromatic carbocycles. The van der Waals surface area contributed by atoms with Gasteiger partial charge in [-0.05, 0) is 40.3 Å². The van der Waals surface area contributed by atoms with Crippen molar-refractivity contribution in [3.05, 3.63) is 31.1 Å². The number of rotatable bonds is 1. The van der Waals surface area contributed by atoms with Gasteiger partial charge < -0.3 is 0 Å². The number of halogens is 3. The second-order valence-electron chi connectivity index (χ2n) is 2.66. The van der Waals surface area contributed by atoms with Gasteiger partial charge in [-0.15, -0.1) is 11.3 Å². The Balaban J connectivity index is 2.77. The molecule has 0 saturated carbocycles. The van der Waals surface area contributed by atoms with E-state index in [0.717, 1.165) is 5.33 Å². The lowest BCUT2D eigenvalue weighted by Crippen LogP contribution is -1.79. The maximum absolute atomic E-state index is 3.56. The minimum absolute atomic E-state index is 0.898. The van der Waals surface area contributed by atoms with Crippen LogP contribution in [0.1, 0.15) is 5.56 Å². The van der Waals surface area contributed by atoms with Crippen LogP contribution < -0.4 is 0 Å². The summed E-state index contributed by atoms with van der Waals surface area (Å²) in [5.74, 6) is 0. The van der Waals surface area contributed by atoms with Crippen LogP contribution in [0, 0.1) is 3.57 Å². The molecule has 0 spiro atoms. The molecule has 68 valence electrons. The Kier molecular flexibility index (Phi) is 3.33. The molecule has 0 nitrogen and oxygen atoms in total. The Morgan fingerprint density at radius 1 is 1.38 bits per heavy atom. The zero-order chi connectivity index (χ0) is 9.42. The van der Waals surface area contributed by atoms with Crippen LogP contribution >= 0.6 is 65.8 Å². The molecule has 1 heterocycles. The maximum Gasteiger partial charge on any atom is 0.0365 e. The van der Waals surface area contributed by atoms with E-state index in [9.17, 15) is 0 Å². The summed E-state index contributed by atoms with van der Waals surface area (Å²) in [6.45, 7) is 0. The predicted octanol–water partition coefficient (Wildman–Crippen LogP) is 5.16. The third kappa shape index (κ3) is 1.96. The van der Waals surface area contributed by atoms with E-state index in [1.165, 1.54) is 23.7 Å². The summed E-state index contributed by atoms with van der Waals surface area (Å²) in [6, 6.07) is 4.44. The molecule has 2 rings (SSSR count). The monoisotopic (exact) mass is 430 g/mol. The first-order chi connectivity index (χ1) is 6.22. The van der Waals surface area contributed by atoms with Gasteiger partial charge in [0.2, 0.25) is 0 Å². The minimum Gasteiger partial charge on any atom is -0.143 e. The van der Waals surface area contributed by atoms with E-state index in [-0.39, 0.29) is 0 Å². The first-order valence-corrected chi connectivity index (χ1v) is 7.50. The lowest BCUT2D eigenvalue weighted by molar-refractivity contribution is 1.43. The summed E-state index contributed by atoms with van der Waals surface area (Å²) in [5.41, 5.74) is 1.31. The lowest BCUT2D eigenvalue weighted by Gasteiger charge is -2.00. The van der Waals surface area contributed by atoms with Gasteiger partial charge in [-0.25, -0.2) is 0 Å². The summed E-state index contributed by atoms with van der Waals surface area (Å²) in [6.07, 6.45) is 0. The highest BCUT2D eigenvalue weighted by molar-refractivity contribution is 14.1. The van der Waals surface area contributed by atoms with E-state index in [2.05, 4.69) is 72.0 Å². The zero-order valence-corrected chi connectivity index (χ0v) is 12.6. The van der Waals surface area contributed by atoms with Crippen LogP contribution in [0.2, 0.25) is 0 Å². The molecule has 0 bridgehead atoms. The SMILES string of the molecule is BrCc1cc2c(I)csc2cc1Br. The average Bonchev–Trinajstić information content (AvgIpc) is 2.46. The fourth-order valence-corrected chi connectivity index (χ4v) is 4.49. The lowest BCUT2D eigenvalue weighted by atomic mass is 10.2. The molecule has 13 heavy (non-hydrogen) atoms. The van der Waals surface area contributed by atoms with Gasteiger partial charge >= 0.3 is 0 Å². The van der Waals surface area contributed by atoms with Crippen molar-refractivity contribution in [3.63, 3.8) is 0 Å². The molecule has 0 aliphatic carbocycles. The molecule has 0 saturated heterocycles. The largest absolute Gasteiger partial charge is 0.143 e. The molecule has 0 aliphatic heterocycles. The summed E-state index contributed by atoms with van der Waals surface area (Å²) < 4.78 is 3.88. The number of fused-ring (bicyclic) bond motifs is 1. The molecule has 0 atom stereocenters. The molecule has 2 aromatic rings. The van der Waals surface area contributed by atoms with E-state index in [4.69, 9.17) is 0 Å². The number of hydrogen-bond donors (Lipinski definition) is 0. The standard InChI is InChI=1S/C9H5Br2IS/c10-3-5-1-6-8(12)4-13-9(6)2-7(5)11/h1-2,4H,3H2. The van der Waals surface area contributed by atoms with Gasteiger partial charge in [0.25, 0.3) is 0 Å². The first kappa shape index (κ1) is 10.4. The van der Waals surface area contributed by atoms with Crippen molar-refractivity contribution >= 4 is 75.9 Å². The first-order valence-electron chi connectivity index (χ1n) is 3.63. The van der Waals surface area contributed by atoms with Crippen molar-refractivity contribution < 1.29 is 0 Å². The molecule has 0 radical (unpaired) electrons. The number of benzene rings is 1. The Labute approximate surface area is 111 Å². The second-order valence-corrected chi connectivity index (χ2v) is 6.15. The van der Waals surface area contributed by atoms with Crippen LogP contribution in [0.4, 0.5) is 0 Å². The fourth-order valence-electron chi connectivity index (χ4n) is 1.17. The molecule has 4 heteroatoms. The van der Waals surface area contributed by atoms with Crippen LogP contribution in [0.25, 0.3) is 10.1 Å². The van der Waals surface area contributed by atoms with Gasteiger partial charge in [0, 0.05) is 28.8 Å². The van der Waals surface area contributed by atoms with Crippen LogP contribution in [0.3, 0.4) is 0 Å². The van der Waals surface area contributed by atoms with Crippen LogP contribution in [0.15, 0.2) is 22.0 Å². The average molecular weight is 432 g/mol. The van der Waals surface area contributed by atoms with Crippen LogP contribution in [-0.4, -0.2) is 0 Å². The molecule has 1 aromatic heterocycles. The highest BCUT2D eigenvalue weighted by Gasteiger charge is 2.05. The van der Waals surface area contributed by atoms with Crippen LogP contribution in [0.5, 0.6) is 0 Å². The minimum atomic E-state index is 0.898. The van der Waals surface area contributed by atoms with Crippen molar-refractivity contribution in [2.24, 2.45) is 0 Å². The smallest absolute Gasteiger partial charge is 0.0365 e. The number of thiophene rings is 1. The molecule has 0 amide bonds. The molecule has 0 aliphatic rings. The Morgan fingerprint density at radius 3 is 2.85 bits per heavy atom. The van der Waals surface area contributed by atoms with E-state index in [1.807, 2.05) is 0 Å². The predicted molar refractivity (Wildman–Crippen MR) is 74.9 cm³/mol. The van der Waals surface area contributed by atoms with Crippen molar-refractivity contribution in [2.75, 3.05) is 0 Å². The highest BCUT2D eigenvalue weighted by atomic mass is 127. The third-order valence-corrected chi connectivity index (χ3v) is 5.44. The molecule has 0 unspecified atom stereocenters. The van der Waals surface area contributed by atoms with Crippen molar-refractivity contribution in [2.45, 2.75) is 5.33 Å². The van der Waals surface area contributed by atoms with Crippen molar-refractivity contribution in [3.8, 4) is 0 Å². The Bertz CT molecular complexity index is 450.